The molecule has 0 amide bonds. The van der Waals surface area contributed by atoms with Crippen LogP contribution in [0.2, 0.25) is 5.02 Å². The fourth-order valence-electron chi connectivity index (χ4n) is 4.99. The van der Waals surface area contributed by atoms with Crippen LogP contribution >= 0.6 is 11.6 Å². The first-order valence-electron chi connectivity index (χ1n) is 11.3. The van der Waals surface area contributed by atoms with Crippen molar-refractivity contribution in [3.63, 3.8) is 0 Å². The summed E-state index contributed by atoms with van der Waals surface area (Å²) in [5.74, 6) is 0. The van der Waals surface area contributed by atoms with Gasteiger partial charge in [0.05, 0.1) is 16.6 Å². The van der Waals surface area contributed by atoms with Crippen LogP contribution in [0.4, 0.5) is 0 Å². The molecule has 0 aliphatic carbocycles. The Bertz CT molecular complexity index is 1850. The molecule has 160 valence electrons. The third-order valence-corrected chi connectivity index (χ3v) is 6.90. The lowest BCUT2D eigenvalue weighted by molar-refractivity contribution is 1.31. The summed E-state index contributed by atoms with van der Waals surface area (Å²) in [5, 5.41) is 4.37. The summed E-state index contributed by atoms with van der Waals surface area (Å²) in [6.07, 6.45) is 0. The molecule has 34 heavy (non-hydrogen) atoms. The lowest BCUT2D eigenvalue weighted by atomic mass is 9.97. The fourth-order valence-corrected chi connectivity index (χ4v) is 5.11. The van der Waals surface area contributed by atoms with E-state index in [0.29, 0.717) is 0 Å². The summed E-state index contributed by atoms with van der Waals surface area (Å²) in [6.45, 7) is 0. The van der Waals surface area contributed by atoms with Crippen LogP contribution < -0.4 is 0 Å². The number of fused-ring (bicyclic) bond motifs is 8. The molecule has 2 nitrogen and oxygen atoms in total. The van der Waals surface area contributed by atoms with Gasteiger partial charge in [-0.15, -0.1) is 0 Å². The maximum absolute atomic E-state index is 6.05. The average Bonchev–Trinajstić information content (AvgIpc) is 3.29. The normalized spacial score (nSPS) is 11.7. The summed E-state index contributed by atoms with van der Waals surface area (Å²) in [5.41, 5.74) is 9.05. The van der Waals surface area contributed by atoms with E-state index in [1.807, 2.05) is 18.2 Å². The minimum atomic E-state index is 0.753. The highest BCUT2D eigenvalue weighted by Crippen LogP contribution is 2.35. The predicted molar refractivity (Wildman–Crippen MR) is 144 cm³/mol. The van der Waals surface area contributed by atoms with E-state index in [2.05, 4.69) is 101 Å². The van der Waals surface area contributed by atoms with Gasteiger partial charge in [-0.1, -0.05) is 84.4 Å². The van der Waals surface area contributed by atoms with Crippen LogP contribution in [-0.4, -0.2) is 9.38 Å². The van der Waals surface area contributed by atoms with Crippen molar-refractivity contribution in [3.8, 4) is 22.3 Å². The van der Waals surface area contributed by atoms with E-state index in [1.165, 1.54) is 33.0 Å². The second-order valence-electron chi connectivity index (χ2n) is 8.62. The second-order valence-corrected chi connectivity index (χ2v) is 9.06. The number of pyridine rings is 1. The van der Waals surface area contributed by atoms with E-state index < -0.39 is 0 Å². The number of aromatic nitrogens is 2. The number of nitrogens with zero attached hydrogens (tertiary/aromatic N) is 2. The van der Waals surface area contributed by atoms with Gasteiger partial charge in [-0.25, -0.2) is 4.98 Å². The van der Waals surface area contributed by atoms with Crippen molar-refractivity contribution in [2.75, 3.05) is 0 Å². The summed E-state index contributed by atoms with van der Waals surface area (Å²) in [4.78, 5) is 5.00. The minimum absolute atomic E-state index is 0.753. The van der Waals surface area contributed by atoms with Crippen LogP contribution in [0.25, 0.3) is 60.6 Å². The van der Waals surface area contributed by atoms with E-state index in [-0.39, 0.29) is 0 Å². The Balaban J connectivity index is 1.43. The van der Waals surface area contributed by atoms with Crippen molar-refractivity contribution >= 4 is 50.0 Å². The van der Waals surface area contributed by atoms with E-state index in [1.54, 1.807) is 0 Å². The Labute approximate surface area is 201 Å². The van der Waals surface area contributed by atoms with Crippen LogP contribution in [0.3, 0.4) is 0 Å². The van der Waals surface area contributed by atoms with E-state index >= 15 is 0 Å². The molecule has 2 aromatic heterocycles. The van der Waals surface area contributed by atoms with Crippen LogP contribution in [0, 0.1) is 0 Å². The predicted octanol–water partition coefficient (Wildman–Crippen LogP) is 8.78. The molecule has 0 fully saturated rings. The van der Waals surface area contributed by atoms with Gasteiger partial charge in [0.15, 0.2) is 0 Å². The Kier molecular flexibility index (Phi) is 4.23. The third kappa shape index (κ3) is 2.93. The molecule has 0 atom stereocenters. The first kappa shape index (κ1) is 19.3. The molecular weight excluding hydrogens is 436 g/mol. The number of hydrogen-bond acceptors (Lipinski definition) is 1. The molecule has 0 N–H and O–H groups in total. The van der Waals surface area contributed by atoms with Crippen LogP contribution in [0.1, 0.15) is 0 Å². The van der Waals surface area contributed by atoms with Gasteiger partial charge >= 0.3 is 0 Å². The molecule has 5 aromatic carbocycles. The van der Waals surface area contributed by atoms with Crippen molar-refractivity contribution in [3.05, 3.63) is 120 Å². The molecule has 7 aromatic rings. The van der Waals surface area contributed by atoms with Gasteiger partial charge in [0.1, 0.15) is 5.65 Å². The summed E-state index contributed by atoms with van der Waals surface area (Å²) in [6, 6.07) is 40.4. The van der Waals surface area contributed by atoms with Crippen LogP contribution in [0.15, 0.2) is 115 Å². The molecule has 0 aliphatic heterocycles. The van der Waals surface area contributed by atoms with Gasteiger partial charge < -0.3 is 0 Å². The van der Waals surface area contributed by atoms with Gasteiger partial charge in [0.25, 0.3) is 0 Å². The standard InChI is InChI=1S/C31H19ClN2/c32-24-16-13-21(14-17-24)20-9-11-22(12-10-20)23-15-18-26-27(19-23)25-5-1-3-7-29(25)34-30-8-4-2-6-28(30)33-31(26)34/h1-19H. The zero-order chi connectivity index (χ0) is 22.6. The number of imidazole rings is 1. The Morgan fingerprint density at radius 3 is 1.85 bits per heavy atom. The van der Waals surface area contributed by atoms with Gasteiger partial charge in [-0.05, 0) is 70.1 Å². The van der Waals surface area contributed by atoms with Crippen molar-refractivity contribution in [1.82, 2.24) is 9.38 Å². The first-order valence-corrected chi connectivity index (χ1v) is 11.7. The smallest absolute Gasteiger partial charge is 0.146 e. The molecular formula is C31H19ClN2. The summed E-state index contributed by atoms with van der Waals surface area (Å²) < 4.78 is 2.29. The van der Waals surface area contributed by atoms with Gasteiger partial charge in [-0.2, -0.15) is 0 Å². The highest BCUT2D eigenvalue weighted by molar-refractivity contribution is 6.30. The molecule has 3 heteroatoms. The monoisotopic (exact) mass is 454 g/mol. The Morgan fingerprint density at radius 1 is 0.500 bits per heavy atom. The highest BCUT2D eigenvalue weighted by atomic mass is 35.5. The Hall–Kier alpha value is -4.14. The fraction of sp³-hybridized carbons (Fsp3) is 0. The SMILES string of the molecule is Clc1ccc(-c2ccc(-c3ccc4c(c3)c3ccccc3n3c5ccccc5nc43)cc2)cc1. The molecule has 2 heterocycles. The second kappa shape index (κ2) is 7.44. The number of para-hydroxylation sites is 3. The molecule has 0 aliphatic rings. The number of benzene rings is 5. The molecule has 0 unspecified atom stereocenters. The first-order chi connectivity index (χ1) is 16.8. The van der Waals surface area contributed by atoms with Crippen molar-refractivity contribution in [1.29, 1.82) is 0 Å². The van der Waals surface area contributed by atoms with Crippen molar-refractivity contribution < 1.29 is 0 Å². The number of rotatable bonds is 2. The lowest BCUT2D eigenvalue weighted by Gasteiger charge is -2.11. The highest BCUT2D eigenvalue weighted by Gasteiger charge is 2.14. The minimum Gasteiger partial charge on any atom is -0.292 e. The van der Waals surface area contributed by atoms with Crippen LogP contribution in [0.5, 0.6) is 0 Å². The van der Waals surface area contributed by atoms with Crippen molar-refractivity contribution in [2.24, 2.45) is 0 Å². The average molecular weight is 455 g/mol. The zero-order valence-corrected chi connectivity index (χ0v) is 19.0. The molecule has 0 spiro atoms. The number of halogens is 1. The maximum Gasteiger partial charge on any atom is 0.146 e. The quantitative estimate of drug-likeness (QED) is 0.238. The van der Waals surface area contributed by atoms with Crippen molar-refractivity contribution in [2.45, 2.75) is 0 Å². The summed E-state index contributed by atoms with van der Waals surface area (Å²) >= 11 is 6.05. The molecule has 0 radical (unpaired) electrons. The van der Waals surface area contributed by atoms with Gasteiger partial charge in [0.2, 0.25) is 0 Å². The van der Waals surface area contributed by atoms with Crippen LogP contribution in [-0.2, 0) is 0 Å². The van der Waals surface area contributed by atoms with Gasteiger partial charge in [-0.3, -0.25) is 4.40 Å². The third-order valence-electron chi connectivity index (χ3n) is 6.65. The lowest BCUT2D eigenvalue weighted by Crippen LogP contribution is -1.91. The molecule has 0 bridgehead atoms. The molecule has 0 saturated heterocycles. The zero-order valence-electron chi connectivity index (χ0n) is 18.2. The Morgan fingerprint density at radius 2 is 1.09 bits per heavy atom. The summed E-state index contributed by atoms with van der Waals surface area (Å²) in [7, 11) is 0. The maximum atomic E-state index is 6.05. The number of hydrogen-bond donors (Lipinski definition) is 0. The van der Waals surface area contributed by atoms with E-state index in [9.17, 15) is 0 Å². The molecule has 7 rings (SSSR count). The van der Waals surface area contributed by atoms with E-state index in [0.717, 1.165) is 32.7 Å². The topological polar surface area (TPSA) is 17.3 Å². The van der Waals surface area contributed by atoms with E-state index in [4.69, 9.17) is 16.6 Å². The molecule has 0 saturated carbocycles. The van der Waals surface area contributed by atoms with Gasteiger partial charge in [0, 0.05) is 15.8 Å². The largest absolute Gasteiger partial charge is 0.292 e.